The van der Waals surface area contributed by atoms with Crippen molar-refractivity contribution in [1.29, 1.82) is 0 Å². The molecule has 2 amide bonds. The maximum Gasteiger partial charge on any atom is 0.264 e. The van der Waals surface area contributed by atoms with Gasteiger partial charge in [-0.1, -0.05) is 66.9 Å². The summed E-state index contributed by atoms with van der Waals surface area (Å²) < 4.78 is 28.8. The number of benzene rings is 3. The Morgan fingerprint density at radius 1 is 0.949 bits per heavy atom. The van der Waals surface area contributed by atoms with Crippen molar-refractivity contribution in [3.8, 4) is 0 Å². The first-order valence-electron chi connectivity index (χ1n) is 13.0. The Hall–Kier alpha value is -3.36. The van der Waals surface area contributed by atoms with E-state index in [-0.39, 0.29) is 17.3 Å². The van der Waals surface area contributed by atoms with E-state index in [1.807, 2.05) is 26.8 Å². The number of halogens is 1. The van der Waals surface area contributed by atoms with E-state index in [0.717, 1.165) is 33.8 Å². The third kappa shape index (κ3) is 8.07. The minimum atomic E-state index is -4.09. The lowest BCUT2D eigenvalue weighted by Crippen LogP contribution is -2.51. The molecule has 208 valence electrons. The topological polar surface area (TPSA) is 86.8 Å². The molecule has 0 bridgehead atoms. The van der Waals surface area contributed by atoms with Crippen molar-refractivity contribution >= 4 is 39.1 Å². The van der Waals surface area contributed by atoms with E-state index >= 15 is 0 Å². The highest BCUT2D eigenvalue weighted by molar-refractivity contribution is 7.92. The Morgan fingerprint density at radius 3 is 2.23 bits per heavy atom. The lowest BCUT2D eigenvalue weighted by Gasteiger charge is -2.32. The van der Waals surface area contributed by atoms with Gasteiger partial charge in [0.05, 0.1) is 10.6 Å². The zero-order valence-corrected chi connectivity index (χ0v) is 24.4. The molecular weight excluding hydrogens is 534 g/mol. The van der Waals surface area contributed by atoms with E-state index in [1.165, 1.54) is 17.0 Å². The zero-order valence-electron chi connectivity index (χ0n) is 22.9. The summed E-state index contributed by atoms with van der Waals surface area (Å²) in [6.07, 6.45) is 1.74. The van der Waals surface area contributed by atoms with Crippen LogP contribution in [-0.2, 0) is 26.2 Å². The van der Waals surface area contributed by atoms with Gasteiger partial charge in [-0.3, -0.25) is 13.9 Å². The number of hydrogen-bond acceptors (Lipinski definition) is 4. The minimum Gasteiger partial charge on any atom is -0.354 e. The molecule has 0 saturated carbocycles. The van der Waals surface area contributed by atoms with Crippen molar-refractivity contribution in [2.45, 2.75) is 58.0 Å². The molecule has 0 aliphatic rings. The van der Waals surface area contributed by atoms with Gasteiger partial charge in [0, 0.05) is 18.1 Å². The van der Waals surface area contributed by atoms with Crippen LogP contribution in [0.4, 0.5) is 5.69 Å². The molecule has 39 heavy (non-hydrogen) atoms. The fraction of sp³-hybridized carbons (Fsp3) is 0.333. The third-order valence-electron chi connectivity index (χ3n) is 6.44. The van der Waals surface area contributed by atoms with Gasteiger partial charge < -0.3 is 10.2 Å². The lowest BCUT2D eigenvalue weighted by molar-refractivity contribution is -0.139. The largest absolute Gasteiger partial charge is 0.354 e. The molecule has 1 atom stereocenters. The Labute approximate surface area is 236 Å². The van der Waals surface area contributed by atoms with Gasteiger partial charge in [-0.2, -0.15) is 0 Å². The normalized spacial score (nSPS) is 12.0. The van der Waals surface area contributed by atoms with Gasteiger partial charge in [-0.25, -0.2) is 8.42 Å². The number of carbonyl (C=O) groups excluding carboxylic acids is 2. The Kier molecular flexibility index (Phi) is 10.5. The molecule has 7 nitrogen and oxygen atoms in total. The van der Waals surface area contributed by atoms with Crippen molar-refractivity contribution in [2.75, 3.05) is 17.4 Å². The van der Waals surface area contributed by atoms with E-state index in [9.17, 15) is 18.0 Å². The molecule has 0 aliphatic carbocycles. The Balaban J connectivity index is 1.99. The lowest BCUT2D eigenvalue weighted by atomic mass is 10.1. The van der Waals surface area contributed by atoms with Gasteiger partial charge in [0.15, 0.2) is 0 Å². The summed E-state index contributed by atoms with van der Waals surface area (Å²) in [6, 6.07) is 19.7. The highest BCUT2D eigenvalue weighted by Gasteiger charge is 2.32. The van der Waals surface area contributed by atoms with Crippen molar-refractivity contribution in [1.82, 2.24) is 10.2 Å². The van der Waals surface area contributed by atoms with Crippen LogP contribution in [0.25, 0.3) is 0 Å². The minimum absolute atomic E-state index is 0.0806. The van der Waals surface area contributed by atoms with Crippen LogP contribution in [-0.4, -0.2) is 44.3 Å². The molecule has 3 rings (SSSR count). The second-order valence-corrected chi connectivity index (χ2v) is 11.9. The summed E-state index contributed by atoms with van der Waals surface area (Å²) in [5.41, 5.74) is 2.91. The first-order valence-corrected chi connectivity index (χ1v) is 14.8. The second kappa shape index (κ2) is 13.6. The van der Waals surface area contributed by atoms with Crippen LogP contribution < -0.4 is 9.62 Å². The molecule has 0 radical (unpaired) electrons. The Morgan fingerprint density at radius 2 is 1.62 bits per heavy atom. The standard InChI is InChI=1S/C30H36ClN3O4S/c1-5-6-18-32-30(36)24(4)33(20-25-12-14-26(31)15-13-25)29(35)21-34(27-9-7-8-23(3)19-27)39(37,38)28-16-10-22(2)11-17-28/h7-17,19,24H,5-6,18,20-21H2,1-4H3,(H,32,36)/t24-/m0/s1. The molecule has 0 unspecified atom stereocenters. The van der Waals surface area contributed by atoms with Gasteiger partial charge in [0.1, 0.15) is 12.6 Å². The van der Waals surface area contributed by atoms with Crippen molar-refractivity contribution in [3.63, 3.8) is 0 Å². The smallest absolute Gasteiger partial charge is 0.264 e. The molecule has 0 fully saturated rings. The van der Waals surface area contributed by atoms with Crippen molar-refractivity contribution in [3.05, 3.63) is 94.5 Å². The van der Waals surface area contributed by atoms with E-state index in [1.54, 1.807) is 61.5 Å². The maximum atomic E-state index is 13.9. The molecule has 0 heterocycles. The number of nitrogens with zero attached hydrogens (tertiary/aromatic N) is 2. The van der Waals surface area contributed by atoms with E-state index in [2.05, 4.69) is 5.32 Å². The molecular formula is C30H36ClN3O4S. The van der Waals surface area contributed by atoms with Crippen LogP contribution in [0.3, 0.4) is 0 Å². The number of nitrogens with one attached hydrogen (secondary N) is 1. The van der Waals surface area contributed by atoms with E-state index < -0.39 is 28.5 Å². The summed E-state index contributed by atoms with van der Waals surface area (Å²) in [6.45, 7) is 7.56. The highest BCUT2D eigenvalue weighted by atomic mass is 35.5. The summed E-state index contributed by atoms with van der Waals surface area (Å²) in [4.78, 5) is 28.4. The number of aryl methyl sites for hydroxylation is 2. The van der Waals surface area contributed by atoms with E-state index in [4.69, 9.17) is 11.6 Å². The summed E-state index contributed by atoms with van der Waals surface area (Å²) in [7, 11) is -4.09. The SMILES string of the molecule is CCCCNC(=O)[C@H](C)N(Cc1ccc(Cl)cc1)C(=O)CN(c1cccc(C)c1)S(=O)(=O)c1ccc(C)cc1. The zero-order chi connectivity index (χ0) is 28.6. The van der Waals surface area contributed by atoms with Gasteiger partial charge >= 0.3 is 0 Å². The van der Waals surface area contributed by atoms with Crippen LogP contribution in [0.2, 0.25) is 5.02 Å². The third-order valence-corrected chi connectivity index (χ3v) is 8.48. The quantitative estimate of drug-likeness (QED) is 0.292. The predicted octanol–water partition coefficient (Wildman–Crippen LogP) is 5.49. The maximum absolute atomic E-state index is 13.9. The average molecular weight is 570 g/mol. The number of sulfonamides is 1. The van der Waals surface area contributed by atoms with Crippen LogP contribution in [0, 0.1) is 13.8 Å². The number of anilines is 1. The molecule has 0 saturated heterocycles. The van der Waals surface area contributed by atoms with Crippen LogP contribution in [0.5, 0.6) is 0 Å². The van der Waals surface area contributed by atoms with Gasteiger partial charge in [0.2, 0.25) is 11.8 Å². The number of rotatable bonds is 12. The molecule has 1 N–H and O–H groups in total. The van der Waals surface area contributed by atoms with Crippen LogP contribution >= 0.6 is 11.6 Å². The van der Waals surface area contributed by atoms with Gasteiger partial charge in [-0.15, -0.1) is 0 Å². The first-order chi connectivity index (χ1) is 18.5. The molecule has 3 aromatic rings. The molecule has 9 heteroatoms. The number of carbonyl (C=O) groups is 2. The van der Waals surface area contributed by atoms with Crippen molar-refractivity contribution in [2.24, 2.45) is 0 Å². The Bertz CT molecular complexity index is 1380. The fourth-order valence-electron chi connectivity index (χ4n) is 4.05. The summed E-state index contributed by atoms with van der Waals surface area (Å²) in [5.74, 6) is -0.797. The number of amides is 2. The summed E-state index contributed by atoms with van der Waals surface area (Å²) >= 11 is 6.04. The number of hydrogen-bond donors (Lipinski definition) is 1. The molecule has 3 aromatic carbocycles. The highest BCUT2D eigenvalue weighted by Crippen LogP contribution is 2.26. The van der Waals surface area contributed by atoms with Crippen molar-refractivity contribution < 1.29 is 18.0 Å². The van der Waals surface area contributed by atoms with E-state index in [0.29, 0.717) is 17.3 Å². The molecule has 0 aliphatic heterocycles. The van der Waals surface area contributed by atoms with Gasteiger partial charge in [0.25, 0.3) is 10.0 Å². The second-order valence-electron chi connectivity index (χ2n) is 9.63. The fourth-order valence-corrected chi connectivity index (χ4v) is 5.59. The number of unbranched alkanes of at least 4 members (excludes halogenated alkanes) is 1. The monoisotopic (exact) mass is 569 g/mol. The van der Waals surface area contributed by atoms with Gasteiger partial charge in [-0.05, 0) is 74.7 Å². The predicted molar refractivity (Wildman–Crippen MR) is 156 cm³/mol. The van der Waals surface area contributed by atoms with Crippen LogP contribution in [0.1, 0.15) is 43.4 Å². The first kappa shape index (κ1) is 30.2. The average Bonchev–Trinajstić information content (AvgIpc) is 2.91. The molecule has 0 spiro atoms. The molecule has 0 aromatic heterocycles. The van der Waals surface area contributed by atoms with Crippen LogP contribution in [0.15, 0.2) is 77.7 Å². The summed E-state index contributed by atoms with van der Waals surface area (Å²) in [5, 5.41) is 3.43.